The highest BCUT2D eigenvalue weighted by Gasteiger charge is 2.37. The molecule has 1 rings (SSSR count). The zero-order chi connectivity index (χ0) is 14.7. The van der Waals surface area contributed by atoms with Gasteiger partial charge in [0.05, 0.1) is 11.7 Å². The van der Waals surface area contributed by atoms with Crippen LogP contribution in [0.25, 0.3) is 0 Å². The van der Waals surface area contributed by atoms with Gasteiger partial charge < -0.3 is 4.23 Å². The topological polar surface area (TPSA) is 29.0 Å². The lowest BCUT2D eigenvalue weighted by Crippen LogP contribution is -2.60. The Bertz CT molecular complexity index is 382. The van der Waals surface area contributed by atoms with Gasteiger partial charge in [-0.1, -0.05) is 52.6 Å². The summed E-state index contributed by atoms with van der Waals surface area (Å²) >= 11 is 3.25. The van der Waals surface area contributed by atoms with Gasteiger partial charge in [-0.15, -0.1) is 11.8 Å². The van der Waals surface area contributed by atoms with Crippen molar-refractivity contribution in [2.75, 3.05) is 9.98 Å². The first-order chi connectivity index (χ1) is 8.68. The van der Waals surface area contributed by atoms with Crippen LogP contribution in [0.4, 0.5) is 5.82 Å². The standard InChI is InChI=1S/C12H27N3S2Si2/c1-8-9-10-16-12-11(13-17-14-12)15(18(2,3)4)19(5,6)7/h8-10H2,1-7H3. The molecule has 0 aliphatic rings. The van der Waals surface area contributed by atoms with Crippen LogP contribution in [0.2, 0.25) is 39.3 Å². The van der Waals surface area contributed by atoms with E-state index in [1.807, 2.05) is 11.8 Å². The summed E-state index contributed by atoms with van der Waals surface area (Å²) < 4.78 is 11.8. The highest BCUT2D eigenvalue weighted by atomic mass is 32.2. The molecule has 7 heteroatoms. The van der Waals surface area contributed by atoms with E-state index >= 15 is 0 Å². The van der Waals surface area contributed by atoms with Crippen molar-refractivity contribution in [3.05, 3.63) is 0 Å². The molecule has 0 saturated carbocycles. The second-order valence-electron chi connectivity index (χ2n) is 6.77. The maximum atomic E-state index is 4.63. The van der Waals surface area contributed by atoms with Gasteiger partial charge in [0.2, 0.25) is 0 Å². The Hall–Kier alpha value is 0.144. The normalized spacial score (nSPS) is 12.8. The van der Waals surface area contributed by atoms with Crippen molar-refractivity contribution in [1.29, 1.82) is 0 Å². The molecule has 0 spiro atoms. The predicted octanol–water partition coefficient (Wildman–Crippen LogP) is 4.91. The Balaban J connectivity index is 3.01. The van der Waals surface area contributed by atoms with E-state index in [0.717, 1.165) is 10.8 Å². The summed E-state index contributed by atoms with van der Waals surface area (Å²) in [7, 11) is -2.84. The third-order valence-corrected chi connectivity index (χ3v) is 11.5. The average molecular weight is 334 g/mol. The molecule has 1 heterocycles. The fourth-order valence-electron chi connectivity index (χ4n) is 2.36. The second-order valence-corrected chi connectivity index (χ2v) is 18.4. The van der Waals surface area contributed by atoms with Gasteiger partial charge in [0.15, 0.2) is 10.8 Å². The highest BCUT2D eigenvalue weighted by Crippen LogP contribution is 2.35. The summed E-state index contributed by atoms with van der Waals surface area (Å²) in [6.07, 6.45) is 2.49. The number of rotatable bonds is 7. The molecule has 19 heavy (non-hydrogen) atoms. The molecule has 0 fully saturated rings. The summed E-state index contributed by atoms with van der Waals surface area (Å²) in [5.74, 6) is 2.32. The summed E-state index contributed by atoms with van der Waals surface area (Å²) in [6.45, 7) is 16.7. The highest BCUT2D eigenvalue weighted by molar-refractivity contribution is 7.99. The fraction of sp³-hybridized carbons (Fsp3) is 0.833. The molecule has 0 aromatic carbocycles. The van der Waals surface area contributed by atoms with E-state index < -0.39 is 16.5 Å². The van der Waals surface area contributed by atoms with Gasteiger partial charge in [0.1, 0.15) is 16.5 Å². The number of unbranched alkanes of at least 4 members (excludes halogenated alkanes) is 1. The number of nitrogens with zero attached hydrogens (tertiary/aromatic N) is 3. The van der Waals surface area contributed by atoms with Crippen molar-refractivity contribution in [2.24, 2.45) is 0 Å². The van der Waals surface area contributed by atoms with Gasteiger partial charge in [0.25, 0.3) is 0 Å². The first-order valence-corrected chi connectivity index (χ1v) is 15.5. The number of aromatic nitrogens is 2. The van der Waals surface area contributed by atoms with Gasteiger partial charge in [-0.25, -0.2) is 0 Å². The first-order valence-electron chi connectivity index (χ1n) is 6.93. The largest absolute Gasteiger partial charge is 0.407 e. The van der Waals surface area contributed by atoms with Crippen LogP contribution in [0, 0.1) is 0 Å². The number of thioether (sulfide) groups is 1. The fourth-order valence-corrected chi connectivity index (χ4v) is 14.0. The molecule has 0 amide bonds. The van der Waals surface area contributed by atoms with Crippen molar-refractivity contribution < 1.29 is 0 Å². The monoisotopic (exact) mass is 333 g/mol. The first kappa shape index (κ1) is 17.2. The van der Waals surface area contributed by atoms with E-state index in [1.54, 1.807) is 0 Å². The maximum absolute atomic E-state index is 4.63. The quantitative estimate of drug-likeness (QED) is 0.403. The molecule has 1 aromatic heterocycles. The number of anilines is 1. The lowest BCUT2D eigenvalue weighted by Gasteiger charge is -2.44. The van der Waals surface area contributed by atoms with Gasteiger partial charge in [-0.2, -0.15) is 8.75 Å². The van der Waals surface area contributed by atoms with Crippen LogP contribution in [0.1, 0.15) is 19.8 Å². The van der Waals surface area contributed by atoms with Crippen molar-refractivity contribution in [3.63, 3.8) is 0 Å². The molecule has 110 valence electrons. The third kappa shape index (κ3) is 4.88. The van der Waals surface area contributed by atoms with E-state index in [0.29, 0.717) is 0 Å². The van der Waals surface area contributed by atoms with E-state index in [1.165, 1.54) is 30.4 Å². The molecule has 0 N–H and O–H groups in total. The van der Waals surface area contributed by atoms with Gasteiger partial charge >= 0.3 is 0 Å². The summed E-state index contributed by atoms with van der Waals surface area (Å²) in [5.41, 5.74) is 0. The minimum Gasteiger partial charge on any atom is -0.407 e. The van der Waals surface area contributed by atoms with Crippen molar-refractivity contribution in [3.8, 4) is 0 Å². The third-order valence-electron chi connectivity index (χ3n) is 2.73. The molecule has 3 nitrogen and oxygen atoms in total. The maximum Gasteiger partial charge on any atom is 0.160 e. The van der Waals surface area contributed by atoms with Crippen LogP contribution in [0.5, 0.6) is 0 Å². The molecule has 0 unspecified atom stereocenters. The molecule has 0 atom stereocenters. The van der Waals surface area contributed by atoms with E-state index in [-0.39, 0.29) is 0 Å². The van der Waals surface area contributed by atoms with E-state index in [4.69, 9.17) is 0 Å². The lowest BCUT2D eigenvalue weighted by molar-refractivity contribution is 0.895. The lowest BCUT2D eigenvalue weighted by atomic mass is 10.4. The molecule has 0 aliphatic heterocycles. The number of hydrogen-bond acceptors (Lipinski definition) is 5. The minimum atomic E-state index is -1.42. The molecular weight excluding hydrogens is 306 g/mol. The summed E-state index contributed by atoms with van der Waals surface area (Å²) in [5, 5.41) is 1.16. The van der Waals surface area contributed by atoms with Crippen molar-refractivity contribution in [2.45, 2.75) is 64.1 Å². The van der Waals surface area contributed by atoms with Crippen LogP contribution < -0.4 is 4.23 Å². The van der Waals surface area contributed by atoms with Crippen LogP contribution in [0.15, 0.2) is 5.03 Å². The Morgan fingerprint density at radius 2 is 1.63 bits per heavy atom. The Morgan fingerprint density at radius 1 is 1.05 bits per heavy atom. The predicted molar refractivity (Wildman–Crippen MR) is 94.7 cm³/mol. The second kappa shape index (κ2) is 6.73. The van der Waals surface area contributed by atoms with Crippen LogP contribution in [-0.2, 0) is 0 Å². The van der Waals surface area contributed by atoms with Crippen molar-refractivity contribution in [1.82, 2.24) is 8.75 Å². The zero-order valence-electron chi connectivity index (χ0n) is 13.3. The summed E-state index contributed by atoms with van der Waals surface area (Å²) in [6, 6.07) is 0. The van der Waals surface area contributed by atoms with Crippen LogP contribution >= 0.6 is 23.5 Å². The molecule has 0 saturated heterocycles. The van der Waals surface area contributed by atoms with E-state index in [9.17, 15) is 0 Å². The average Bonchev–Trinajstić information content (AvgIpc) is 2.62. The van der Waals surface area contributed by atoms with Crippen molar-refractivity contribution >= 4 is 45.8 Å². The van der Waals surface area contributed by atoms with Crippen LogP contribution in [0.3, 0.4) is 0 Å². The molecule has 0 bridgehead atoms. The van der Waals surface area contributed by atoms with E-state index in [2.05, 4.69) is 59.2 Å². The Labute approximate surface area is 128 Å². The number of hydrogen-bond donors (Lipinski definition) is 0. The van der Waals surface area contributed by atoms with Gasteiger partial charge in [0, 0.05) is 0 Å². The SMILES string of the molecule is CCCCSc1nsnc1N([Si](C)(C)C)[Si](C)(C)C. The molecule has 0 radical (unpaired) electrons. The molecular formula is C12H27N3S2Si2. The van der Waals surface area contributed by atoms with Crippen LogP contribution in [-0.4, -0.2) is 31.0 Å². The minimum absolute atomic E-state index is 1.15. The van der Waals surface area contributed by atoms with Gasteiger partial charge in [-0.05, 0) is 12.2 Å². The molecule has 0 aliphatic carbocycles. The smallest absolute Gasteiger partial charge is 0.160 e. The summed E-state index contributed by atoms with van der Waals surface area (Å²) in [4.78, 5) is 0. The van der Waals surface area contributed by atoms with Gasteiger partial charge in [-0.3, -0.25) is 0 Å². The Morgan fingerprint density at radius 3 is 2.11 bits per heavy atom. The zero-order valence-corrected chi connectivity index (χ0v) is 16.9. The molecule has 1 aromatic rings. The Kier molecular flexibility index (Phi) is 6.09.